The van der Waals surface area contributed by atoms with Crippen LogP contribution in [0.5, 0.6) is 23.0 Å². The summed E-state index contributed by atoms with van der Waals surface area (Å²) in [6.45, 7) is 3.63. The number of carbonyl (C=O) groups is 6. The molecule has 0 aliphatic carbocycles. The average Bonchev–Trinajstić information content (AvgIpc) is 3.30. The second-order valence-electron chi connectivity index (χ2n) is 16.9. The number of amides is 6. The van der Waals surface area contributed by atoms with Gasteiger partial charge in [0.25, 0.3) is 0 Å². The van der Waals surface area contributed by atoms with Crippen LogP contribution in [0.25, 0.3) is 0 Å². The van der Waals surface area contributed by atoms with Crippen LogP contribution in [0.4, 0.5) is 0 Å². The van der Waals surface area contributed by atoms with Crippen molar-refractivity contribution in [3.05, 3.63) is 83.4 Å². The largest absolute Gasteiger partial charge is 0.497 e. The lowest BCUT2D eigenvalue weighted by molar-refractivity contribution is -0.277. The molecule has 4 aliphatic rings. The van der Waals surface area contributed by atoms with E-state index in [1.807, 2.05) is 0 Å². The van der Waals surface area contributed by atoms with E-state index in [1.165, 1.54) is 75.9 Å². The Kier molecular flexibility index (Phi) is 15.5. The summed E-state index contributed by atoms with van der Waals surface area (Å²) < 4.78 is 23.1. The highest BCUT2D eigenvalue weighted by Gasteiger charge is 2.45. The zero-order valence-electron chi connectivity index (χ0n) is 37.7. The molecular weight excluding hydrogens is 861 g/mol. The zero-order valence-corrected chi connectivity index (χ0v) is 37.7. The molecule has 11 atom stereocenters. The van der Waals surface area contributed by atoms with E-state index in [0.29, 0.717) is 28.2 Å². The minimum atomic E-state index is -1.73. The molecule has 0 unspecified atom stereocenters. The number of likely N-dealkylation sites (N-methyl/N-ethyl adjacent to an activating group) is 3. The third-order valence-corrected chi connectivity index (χ3v) is 12.2. The van der Waals surface area contributed by atoms with Crippen LogP contribution in [-0.4, -0.2) is 172 Å². The van der Waals surface area contributed by atoms with Gasteiger partial charge in [0, 0.05) is 40.4 Å². The van der Waals surface area contributed by atoms with E-state index in [2.05, 4.69) is 16.0 Å². The maximum atomic E-state index is 14.9. The minimum absolute atomic E-state index is 0.00547. The van der Waals surface area contributed by atoms with Crippen molar-refractivity contribution in [2.75, 3.05) is 34.9 Å². The number of hydrogen-bond donors (Lipinski definition) is 7. The molecule has 0 radical (unpaired) electrons. The maximum Gasteiger partial charge on any atom is 0.246 e. The number of rotatable bonds is 6. The lowest BCUT2D eigenvalue weighted by atomic mass is 9.98. The van der Waals surface area contributed by atoms with Crippen LogP contribution in [0.3, 0.4) is 0 Å². The van der Waals surface area contributed by atoms with Gasteiger partial charge in [-0.2, -0.15) is 0 Å². The average molecular weight is 919 g/mol. The van der Waals surface area contributed by atoms with Crippen LogP contribution in [0.15, 0.2) is 66.7 Å². The van der Waals surface area contributed by atoms with E-state index < -0.39 is 109 Å². The number of aliphatic hydroxyl groups excluding tert-OH is 4. The summed E-state index contributed by atoms with van der Waals surface area (Å²) in [4.78, 5) is 89.0. The molecule has 0 aromatic heterocycles. The van der Waals surface area contributed by atoms with Crippen LogP contribution >= 0.6 is 0 Å². The van der Waals surface area contributed by atoms with Crippen molar-refractivity contribution < 1.29 is 68.1 Å². The number of nitrogens with one attached hydrogen (secondary N) is 3. The summed E-state index contributed by atoms with van der Waals surface area (Å²) in [5.74, 6) is -3.10. The van der Waals surface area contributed by atoms with Gasteiger partial charge in [0.1, 0.15) is 72.2 Å². The lowest BCUT2D eigenvalue weighted by Crippen LogP contribution is -2.61. The molecule has 0 saturated carbocycles. The van der Waals surface area contributed by atoms with Crippen molar-refractivity contribution in [3.63, 3.8) is 0 Å². The predicted molar refractivity (Wildman–Crippen MR) is 234 cm³/mol. The highest BCUT2D eigenvalue weighted by molar-refractivity contribution is 5.98. The quantitative estimate of drug-likeness (QED) is 0.157. The number of fused-ring (bicyclic) bond motifs is 2. The van der Waals surface area contributed by atoms with Crippen LogP contribution in [-0.2, 0) is 52.8 Å². The fourth-order valence-electron chi connectivity index (χ4n) is 8.05. The number of carbonyl (C=O) groups excluding carboxylic acids is 6. The third-order valence-electron chi connectivity index (χ3n) is 12.2. The summed E-state index contributed by atoms with van der Waals surface area (Å²) in [5, 5.41) is 49.2. The molecule has 66 heavy (non-hydrogen) atoms. The maximum absolute atomic E-state index is 14.9. The zero-order chi connectivity index (χ0) is 48.1. The monoisotopic (exact) mass is 918 g/mol. The van der Waals surface area contributed by atoms with Gasteiger partial charge in [0.2, 0.25) is 41.7 Å². The van der Waals surface area contributed by atoms with Gasteiger partial charge >= 0.3 is 0 Å². The molecule has 356 valence electrons. The van der Waals surface area contributed by atoms with Gasteiger partial charge in [-0.05, 0) is 73.9 Å². The first kappa shape index (κ1) is 49.1. The Morgan fingerprint density at radius 1 is 0.652 bits per heavy atom. The fraction of sp³-hybridized carbons (Fsp3) is 0.478. The van der Waals surface area contributed by atoms with Crippen LogP contribution in [0, 0.1) is 0 Å². The number of benzene rings is 3. The first-order chi connectivity index (χ1) is 31.3. The van der Waals surface area contributed by atoms with Gasteiger partial charge in [0.15, 0.2) is 11.5 Å². The summed E-state index contributed by atoms with van der Waals surface area (Å²) in [6.07, 6.45) is -8.08. The molecule has 20 heteroatoms. The van der Waals surface area contributed by atoms with Crippen molar-refractivity contribution in [1.29, 1.82) is 0 Å². The SMILES string of the molecule is COc1ccc(C[C@@H]2C(=O)N[C@H](C)C(=O)N(C)[C@@H]3Cc4ccc(cc4)Oc4cc(ccc4O[C@H]4O[C@@H](CO)[C@H](O)[C@@H](O)[C@@H]4O)C[C@@H](C(=O)N[C@H](C)C(=O)N[C@H](C)C(=O)N2C)N(C)C3=O)cc1. The first-order valence-corrected chi connectivity index (χ1v) is 21.5. The molecule has 2 fully saturated rings. The Hall–Kier alpha value is -6.32. The number of methoxy groups -OCH3 is 1. The minimum Gasteiger partial charge on any atom is -0.497 e. The Bertz CT molecular complexity index is 2260. The first-order valence-electron chi connectivity index (χ1n) is 21.5. The molecule has 6 amide bonds. The van der Waals surface area contributed by atoms with Gasteiger partial charge in [0.05, 0.1) is 13.7 Å². The summed E-state index contributed by atoms with van der Waals surface area (Å²) in [5.41, 5.74) is 1.67. The molecule has 0 spiro atoms. The van der Waals surface area contributed by atoms with E-state index in [1.54, 1.807) is 54.6 Å². The highest BCUT2D eigenvalue weighted by atomic mass is 16.7. The van der Waals surface area contributed by atoms with Gasteiger partial charge in [-0.15, -0.1) is 0 Å². The van der Waals surface area contributed by atoms with Crippen molar-refractivity contribution in [1.82, 2.24) is 30.7 Å². The molecule has 20 nitrogen and oxygen atoms in total. The predicted octanol–water partition coefficient (Wildman–Crippen LogP) is -0.984. The van der Waals surface area contributed by atoms with E-state index >= 15 is 0 Å². The van der Waals surface area contributed by atoms with Crippen LogP contribution in [0.1, 0.15) is 37.5 Å². The molecule has 3 aromatic carbocycles. The van der Waals surface area contributed by atoms with Crippen LogP contribution in [0.2, 0.25) is 0 Å². The lowest BCUT2D eigenvalue weighted by Gasteiger charge is -2.39. The van der Waals surface area contributed by atoms with Crippen molar-refractivity contribution in [3.8, 4) is 23.0 Å². The summed E-state index contributed by atoms with van der Waals surface area (Å²) in [7, 11) is 5.76. The molecule has 7 rings (SSSR count). The number of ether oxygens (including phenoxy) is 4. The second kappa shape index (κ2) is 20.9. The molecule has 7 N–H and O–H groups in total. The van der Waals surface area contributed by atoms with E-state index in [4.69, 9.17) is 18.9 Å². The number of hydrogen-bond acceptors (Lipinski definition) is 14. The summed E-state index contributed by atoms with van der Waals surface area (Å²) >= 11 is 0. The molecule has 4 heterocycles. The Morgan fingerprint density at radius 3 is 1.86 bits per heavy atom. The molecule has 3 aromatic rings. The Balaban J connectivity index is 1.38. The molecular formula is C46H58N6O14. The van der Waals surface area contributed by atoms with Crippen molar-refractivity contribution in [2.24, 2.45) is 0 Å². The normalized spacial score (nSPS) is 29.5. The van der Waals surface area contributed by atoms with Crippen LogP contribution < -0.4 is 30.2 Å². The standard InChI is InChI=1S/C46H58N6O14/c1-23-40(57)48-24(2)43(60)50(4)31(18-26-8-13-29(63-7)14-9-26)42(59)49-25(3)44(61)52(6)33-19-27-10-15-30(16-11-27)64-35-21-28(20-32(41(58)47-23)51(5)45(33)62)12-17-34(35)65-46-39(56)38(55)37(54)36(22-53)66-46/h8-17,21,23-25,31-33,36-39,46,53-56H,18-20,22H2,1-7H3,(H,47,58)(H,48,57)(H,49,59)/t23-,24-,25-,31-,32+,33-,36+,37+,38-,39+,46+/m1/s1. The molecule has 2 saturated heterocycles. The third kappa shape index (κ3) is 10.9. The second-order valence-corrected chi connectivity index (χ2v) is 16.9. The topological polar surface area (TPSA) is 266 Å². The molecule has 4 aliphatic heterocycles. The van der Waals surface area contributed by atoms with E-state index in [-0.39, 0.29) is 30.8 Å². The fourth-order valence-corrected chi connectivity index (χ4v) is 8.05. The highest BCUT2D eigenvalue weighted by Crippen LogP contribution is 2.36. The van der Waals surface area contributed by atoms with Crippen molar-refractivity contribution >= 4 is 35.4 Å². The number of aliphatic hydroxyl groups is 4. The Morgan fingerprint density at radius 2 is 1.23 bits per heavy atom. The van der Waals surface area contributed by atoms with Gasteiger partial charge in [-0.3, -0.25) is 28.8 Å². The van der Waals surface area contributed by atoms with Gasteiger partial charge in [-0.25, -0.2) is 0 Å². The van der Waals surface area contributed by atoms with E-state index in [9.17, 15) is 49.2 Å². The van der Waals surface area contributed by atoms with Gasteiger partial charge < -0.3 is 70.0 Å². The molecule has 6 bridgehead atoms. The van der Waals surface area contributed by atoms with Gasteiger partial charge in [-0.1, -0.05) is 30.3 Å². The Labute approximate surface area is 381 Å². The smallest absolute Gasteiger partial charge is 0.246 e. The van der Waals surface area contributed by atoms with Crippen molar-refractivity contribution in [2.45, 2.75) is 107 Å². The summed E-state index contributed by atoms with van der Waals surface area (Å²) in [6, 6.07) is 10.7. The number of nitrogens with zero attached hydrogens (tertiary/aromatic N) is 3. The van der Waals surface area contributed by atoms with E-state index in [0.717, 1.165) is 0 Å².